The third-order valence-electron chi connectivity index (χ3n) is 1.68. The van der Waals surface area contributed by atoms with Gasteiger partial charge in [-0.05, 0) is 24.6 Å². The molecule has 1 rings (SSSR count). The molecule has 0 aliphatic carbocycles. The zero-order valence-electron chi connectivity index (χ0n) is 8.07. The monoisotopic (exact) mass is 179 g/mol. The third-order valence-corrected chi connectivity index (χ3v) is 1.68. The van der Waals surface area contributed by atoms with Crippen molar-refractivity contribution in [1.82, 2.24) is 4.98 Å². The van der Waals surface area contributed by atoms with Gasteiger partial charge in [0, 0.05) is 11.8 Å². The zero-order valence-corrected chi connectivity index (χ0v) is 8.07. The van der Waals surface area contributed by atoms with Crippen molar-refractivity contribution < 1.29 is 9.47 Å². The second-order valence-corrected chi connectivity index (χ2v) is 2.60. The number of rotatable bonds is 3. The summed E-state index contributed by atoms with van der Waals surface area (Å²) >= 11 is 0. The van der Waals surface area contributed by atoms with E-state index in [1.165, 1.54) is 0 Å². The maximum atomic E-state index is 5.11. The fourth-order valence-electron chi connectivity index (χ4n) is 1.09. The van der Waals surface area contributed by atoms with Crippen LogP contribution in [0.4, 0.5) is 0 Å². The summed E-state index contributed by atoms with van der Waals surface area (Å²) in [4.78, 5) is 4.08. The molecule has 0 aromatic carbocycles. The number of aromatic nitrogens is 1. The van der Waals surface area contributed by atoms with E-state index in [0.29, 0.717) is 5.88 Å². The lowest BCUT2D eigenvalue weighted by Crippen LogP contribution is -1.92. The Labute approximate surface area is 78.0 Å². The Morgan fingerprint density at radius 1 is 1.46 bits per heavy atom. The lowest BCUT2D eigenvalue weighted by molar-refractivity contribution is 0.339. The molecule has 0 atom stereocenters. The van der Waals surface area contributed by atoms with Gasteiger partial charge in [-0.15, -0.1) is 0 Å². The van der Waals surface area contributed by atoms with Gasteiger partial charge in [-0.2, -0.15) is 0 Å². The van der Waals surface area contributed by atoms with Crippen molar-refractivity contribution in [3.05, 3.63) is 30.2 Å². The molecule has 0 saturated heterocycles. The second-order valence-electron chi connectivity index (χ2n) is 2.60. The number of allylic oxidation sites excluding steroid dienone is 1. The summed E-state index contributed by atoms with van der Waals surface area (Å²) < 4.78 is 10.0. The minimum absolute atomic E-state index is 0.619. The Kier molecular flexibility index (Phi) is 3.31. The van der Waals surface area contributed by atoms with Gasteiger partial charge in [0.2, 0.25) is 5.88 Å². The van der Waals surface area contributed by atoms with Gasteiger partial charge in [-0.1, -0.05) is 0 Å². The smallest absolute Gasteiger partial charge is 0.220 e. The van der Waals surface area contributed by atoms with Crippen LogP contribution >= 0.6 is 0 Å². The molecule has 0 spiro atoms. The lowest BCUT2D eigenvalue weighted by atomic mass is 10.1. The SMILES string of the molecule is COC=C(C)c1cccnc1OC. The van der Waals surface area contributed by atoms with Crippen LogP contribution in [0.2, 0.25) is 0 Å². The van der Waals surface area contributed by atoms with Gasteiger partial charge in [-0.25, -0.2) is 4.98 Å². The van der Waals surface area contributed by atoms with Gasteiger partial charge in [0.15, 0.2) is 0 Å². The molecule has 0 aliphatic heterocycles. The number of hydrogen-bond donors (Lipinski definition) is 0. The minimum atomic E-state index is 0.619. The van der Waals surface area contributed by atoms with E-state index in [4.69, 9.17) is 9.47 Å². The zero-order chi connectivity index (χ0) is 9.68. The highest BCUT2D eigenvalue weighted by Crippen LogP contribution is 2.22. The Morgan fingerprint density at radius 3 is 2.85 bits per heavy atom. The highest BCUT2D eigenvalue weighted by atomic mass is 16.5. The molecule has 3 nitrogen and oxygen atoms in total. The molecule has 0 aliphatic rings. The summed E-state index contributed by atoms with van der Waals surface area (Å²) in [5.74, 6) is 0.619. The molecule has 3 heteroatoms. The van der Waals surface area contributed by atoms with Crippen molar-refractivity contribution in [3.8, 4) is 5.88 Å². The molecular weight excluding hydrogens is 166 g/mol. The number of methoxy groups -OCH3 is 2. The summed E-state index contributed by atoms with van der Waals surface area (Å²) in [6.45, 7) is 1.95. The summed E-state index contributed by atoms with van der Waals surface area (Å²) in [6.07, 6.45) is 3.36. The van der Waals surface area contributed by atoms with E-state index in [2.05, 4.69) is 4.98 Å². The van der Waals surface area contributed by atoms with E-state index in [1.54, 1.807) is 26.7 Å². The van der Waals surface area contributed by atoms with E-state index < -0.39 is 0 Å². The van der Waals surface area contributed by atoms with E-state index in [1.807, 2.05) is 19.1 Å². The molecule has 0 amide bonds. The van der Waals surface area contributed by atoms with Crippen LogP contribution in [0.1, 0.15) is 12.5 Å². The number of hydrogen-bond acceptors (Lipinski definition) is 3. The van der Waals surface area contributed by atoms with Crippen LogP contribution in [-0.4, -0.2) is 19.2 Å². The van der Waals surface area contributed by atoms with Crippen LogP contribution in [0.3, 0.4) is 0 Å². The fraction of sp³-hybridized carbons (Fsp3) is 0.300. The van der Waals surface area contributed by atoms with E-state index in [9.17, 15) is 0 Å². The van der Waals surface area contributed by atoms with Gasteiger partial charge < -0.3 is 9.47 Å². The average Bonchev–Trinajstić information content (AvgIpc) is 2.18. The number of pyridine rings is 1. The van der Waals surface area contributed by atoms with Crippen molar-refractivity contribution in [2.45, 2.75) is 6.92 Å². The minimum Gasteiger partial charge on any atom is -0.504 e. The summed E-state index contributed by atoms with van der Waals surface area (Å²) in [6, 6.07) is 3.81. The Bertz CT molecular complexity index is 308. The average molecular weight is 179 g/mol. The first-order valence-corrected chi connectivity index (χ1v) is 3.98. The maximum Gasteiger partial charge on any atom is 0.220 e. The maximum absolute atomic E-state index is 5.11. The predicted molar refractivity (Wildman–Crippen MR) is 51.4 cm³/mol. The predicted octanol–water partition coefficient (Wildman–Crippen LogP) is 2.10. The number of nitrogens with zero attached hydrogens (tertiary/aromatic N) is 1. The van der Waals surface area contributed by atoms with Crippen LogP contribution in [-0.2, 0) is 4.74 Å². The largest absolute Gasteiger partial charge is 0.504 e. The van der Waals surface area contributed by atoms with Crippen molar-refractivity contribution in [2.24, 2.45) is 0 Å². The van der Waals surface area contributed by atoms with E-state index in [-0.39, 0.29) is 0 Å². The summed E-state index contributed by atoms with van der Waals surface area (Å²) in [5.41, 5.74) is 1.94. The van der Waals surface area contributed by atoms with Gasteiger partial charge in [0.25, 0.3) is 0 Å². The second kappa shape index (κ2) is 4.50. The van der Waals surface area contributed by atoms with Crippen LogP contribution in [0.25, 0.3) is 5.57 Å². The van der Waals surface area contributed by atoms with E-state index in [0.717, 1.165) is 11.1 Å². The van der Waals surface area contributed by atoms with Crippen molar-refractivity contribution in [3.63, 3.8) is 0 Å². The third kappa shape index (κ3) is 2.21. The molecule has 0 fully saturated rings. The molecule has 0 radical (unpaired) electrons. The summed E-state index contributed by atoms with van der Waals surface area (Å²) in [5, 5.41) is 0. The van der Waals surface area contributed by atoms with Crippen molar-refractivity contribution >= 4 is 5.57 Å². The highest BCUT2D eigenvalue weighted by molar-refractivity contribution is 5.66. The van der Waals surface area contributed by atoms with Crippen LogP contribution in [0.5, 0.6) is 5.88 Å². The summed E-state index contributed by atoms with van der Waals surface area (Å²) in [7, 11) is 3.22. The van der Waals surface area contributed by atoms with E-state index >= 15 is 0 Å². The highest BCUT2D eigenvalue weighted by Gasteiger charge is 2.04. The van der Waals surface area contributed by atoms with Crippen LogP contribution in [0, 0.1) is 0 Å². The van der Waals surface area contributed by atoms with Crippen LogP contribution < -0.4 is 4.74 Å². The first-order valence-electron chi connectivity index (χ1n) is 3.98. The Balaban J connectivity index is 3.05. The Morgan fingerprint density at radius 2 is 2.23 bits per heavy atom. The van der Waals surface area contributed by atoms with Gasteiger partial charge in [-0.3, -0.25) is 0 Å². The molecule has 1 aromatic rings. The molecule has 0 saturated carbocycles. The van der Waals surface area contributed by atoms with Crippen molar-refractivity contribution in [1.29, 1.82) is 0 Å². The molecule has 1 heterocycles. The molecular formula is C10H13NO2. The van der Waals surface area contributed by atoms with Crippen molar-refractivity contribution in [2.75, 3.05) is 14.2 Å². The molecule has 0 N–H and O–H groups in total. The topological polar surface area (TPSA) is 31.4 Å². The van der Waals surface area contributed by atoms with Gasteiger partial charge in [0.1, 0.15) is 0 Å². The molecule has 1 aromatic heterocycles. The molecule has 0 unspecified atom stereocenters. The normalized spacial score (nSPS) is 11.2. The van der Waals surface area contributed by atoms with Crippen LogP contribution in [0.15, 0.2) is 24.6 Å². The number of ether oxygens (including phenoxy) is 2. The quantitative estimate of drug-likeness (QED) is 0.666. The first kappa shape index (κ1) is 9.58. The van der Waals surface area contributed by atoms with Gasteiger partial charge >= 0.3 is 0 Å². The molecule has 13 heavy (non-hydrogen) atoms. The lowest BCUT2D eigenvalue weighted by Gasteiger charge is -2.06. The Hall–Kier alpha value is -1.51. The molecule has 70 valence electrons. The fourth-order valence-corrected chi connectivity index (χ4v) is 1.09. The first-order chi connectivity index (χ1) is 6.29. The van der Waals surface area contributed by atoms with Gasteiger partial charge in [0.05, 0.1) is 20.5 Å². The standard InChI is InChI=1S/C10H13NO2/c1-8(7-12-2)9-5-4-6-11-10(9)13-3/h4-7H,1-3H3. The molecule has 0 bridgehead atoms.